The maximum absolute atomic E-state index is 14.3. The van der Waals surface area contributed by atoms with Crippen LogP contribution >= 0.6 is 0 Å². The first-order valence-corrected chi connectivity index (χ1v) is 21.7. The Hall–Kier alpha value is -5.97. The van der Waals surface area contributed by atoms with Gasteiger partial charge in [-0.25, -0.2) is 23.1 Å². The molecule has 2 N–H and O–H groups in total. The Labute approximate surface area is 362 Å². The number of ether oxygens (including phenoxy) is 2. The van der Waals surface area contributed by atoms with Crippen LogP contribution in [0.15, 0.2) is 47.7 Å². The number of fused-ring (bicyclic) bond motifs is 4. The van der Waals surface area contributed by atoms with Gasteiger partial charge in [0.05, 0.1) is 60.7 Å². The number of hydrogen-bond donors (Lipinski definition) is 2. The van der Waals surface area contributed by atoms with Crippen molar-refractivity contribution >= 4 is 45.9 Å². The van der Waals surface area contributed by atoms with Crippen LogP contribution < -0.4 is 21.2 Å². The third kappa shape index (κ3) is 8.00. The molecule has 0 radical (unpaired) electrons. The lowest BCUT2D eigenvalue weighted by molar-refractivity contribution is -0.135. The number of nitrogens with one attached hydrogen (secondary N) is 2. The zero-order valence-electron chi connectivity index (χ0n) is 35.8. The highest BCUT2D eigenvalue weighted by atomic mass is 19.3. The minimum atomic E-state index is -2.88. The van der Waals surface area contributed by atoms with Crippen LogP contribution in [0.1, 0.15) is 99.3 Å². The van der Waals surface area contributed by atoms with Crippen molar-refractivity contribution in [2.75, 3.05) is 49.6 Å². The van der Waals surface area contributed by atoms with Crippen LogP contribution in [0.2, 0.25) is 0 Å². The number of carbonyl (C=O) groups excluding carboxylic acids is 3. The summed E-state index contributed by atoms with van der Waals surface area (Å²) in [6, 6.07) is 6.54. The third-order valence-corrected chi connectivity index (χ3v) is 13.3. The number of piperidine rings is 2. The molecule has 4 aromatic heterocycles. The molecule has 330 valence electrons. The molecule has 4 saturated heterocycles. The summed E-state index contributed by atoms with van der Waals surface area (Å²) in [5, 5.41) is 13.5. The summed E-state index contributed by atoms with van der Waals surface area (Å²) in [6.07, 6.45) is 6.52. The van der Waals surface area contributed by atoms with Gasteiger partial charge >= 0.3 is 5.69 Å². The highest BCUT2D eigenvalue weighted by Gasteiger charge is 2.40. The van der Waals surface area contributed by atoms with Gasteiger partial charge < -0.3 is 24.6 Å². The van der Waals surface area contributed by atoms with Crippen molar-refractivity contribution in [1.29, 1.82) is 0 Å². The number of likely N-dealkylation sites (tertiary alicyclic amines) is 1. The number of alkyl halides is 2. The number of morpholine rings is 1. The average Bonchev–Trinajstić information content (AvgIpc) is 4.14. The second kappa shape index (κ2) is 17.0. The molecular weight excluding hydrogens is 817 g/mol. The van der Waals surface area contributed by atoms with E-state index in [2.05, 4.69) is 42.5 Å². The topological polar surface area (TPSA) is 175 Å². The van der Waals surface area contributed by atoms with Crippen molar-refractivity contribution in [3.8, 4) is 11.8 Å². The van der Waals surface area contributed by atoms with Crippen molar-refractivity contribution in [2.45, 2.75) is 94.5 Å². The van der Waals surface area contributed by atoms with Crippen molar-refractivity contribution in [1.82, 2.24) is 43.7 Å². The van der Waals surface area contributed by atoms with Gasteiger partial charge in [-0.15, -0.1) is 0 Å². The quantitative estimate of drug-likeness (QED) is 0.154. The van der Waals surface area contributed by atoms with Gasteiger partial charge in [-0.05, 0) is 75.5 Å². The SMILES string of the molecule is [2H]C1(OCC#Cc2cccc3c2n(C)c(=O)n3C2CCC(=O)NC2=O)CCN(CC2CCC(n3cc(NC(=O)c4cnn5ccc(N6C[C@H]7C[C@@H]6CO7)nc45)c(C(F)F)n3)CC2)CC1. The molecule has 2 bridgehead atoms. The fraction of sp³-hybridized carbons (Fsp3) is 0.523. The molecule has 1 aliphatic carbocycles. The predicted octanol–water partition coefficient (Wildman–Crippen LogP) is 3.99. The molecule has 5 aromatic rings. The largest absolute Gasteiger partial charge is 0.374 e. The molecule has 1 unspecified atom stereocenters. The van der Waals surface area contributed by atoms with Gasteiger partial charge in [0.2, 0.25) is 11.8 Å². The molecule has 1 saturated carbocycles. The van der Waals surface area contributed by atoms with Crippen LogP contribution in [0.5, 0.6) is 0 Å². The molecular formula is C44H49F2N11O6. The second-order valence-electron chi connectivity index (χ2n) is 17.2. The number of halogens is 2. The summed E-state index contributed by atoms with van der Waals surface area (Å²) in [7, 11) is 1.63. The molecule has 0 spiro atoms. The molecule has 5 fully saturated rings. The normalized spacial score (nSPS) is 25.1. The molecule has 4 aliphatic heterocycles. The van der Waals surface area contributed by atoms with E-state index < -0.39 is 36.1 Å². The number of aryl methyl sites for hydroxylation is 1. The van der Waals surface area contributed by atoms with Crippen molar-refractivity contribution in [3.63, 3.8) is 0 Å². The van der Waals surface area contributed by atoms with E-state index in [0.717, 1.165) is 51.0 Å². The van der Waals surface area contributed by atoms with Gasteiger partial charge in [0, 0.05) is 52.0 Å². The van der Waals surface area contributed by atoms with E-state index in [1.807, 2.05) is 6.07 Å². The number of imidazole rings is 1. The first-order valence-electron chi connectivity index (χ1n) is 22.2. The molecule has 5 aliphatic rings. The highest BCUT2D eigenvalue weighted by Crippen LogP contribution is 2.36. The number of anilines is 2. The van der Waals surface area contributed by atoms with Crippen LogP contribution in [-0.4, -0.2) is 114 Å². The standard InChI is InChI=1S/C44H49F2N11O6/c1-52-39-27(4-2-6-34(39)57(44(52)61)35-11-12-37(58)50-43(35)60)5-3-19-62-30-13-16-53(17-14-30)22-26-7-9-28(10-8-26)56-24-33(38(51-56)40(45)46)48-42(59)32-21-47-55-18-15-36(49-41(32)55)54-23-31-20-29(54)25-63-31/h2,4,6,15,18,21,24,26,28-31,35,40H,7-14,16-17,19-20,22-23,25H2,1H3,(H,48,59)(H,50,58,60)/t26?,28?,29-,31-,35?/m1/s1/i30D. The Morgan fingerprint density at radius 2 is 1.92 bits per heavy atom. The summed E-state index contributed by atoms with van der Waals surface area (Å²) >= 11 is 0. The zero-order chi connectivity index (χ0) is 44.3. The first-order chi connectivity index (χ1) is 30.9. The lowest BCUT2D eigenvalue weighted by Crippen LogP contribution is -2.44. The number of imide groups is 1. The van der Waals surface area contributed by atoms with Gasteiger partial charge in [-0.2, -0.15) is 10.2 Å². The summed E-state index contributed by atoms with van der Waals surface area (Å²) in [6.45, 7) is 3.66. The Kier molecular flexibility index (Phi) is 10.7. The fourth-order valence-electron chi connectivity index (χ4n) is 10.0. The molecule has 19 heteroatoms. The number of benzene rings is 1. The molecule has 10 rings (SSSR count). The summed E-state index contributed by atoms with van der Waals surface area (Å²) in [5.74, 6) is 5.81. The van der Waals surface area contributed by atoms with E-state index in [0.29, 0.717) is 60.7 Å². The van der Waals surface area contributed by atoms with Crippen LogP contribution in [0.4, 0.5) is 20.3 Å². The monoisotopic (exact) mass is 866 g/mol. The number of hydrogen-bond acceptors (Lipinski definition) is 11. The smallest absolute Gasteiger partial charge is 0.329 e. The van der Waals surface area contributed by atoms with Gasteiger partial charge in [0.15, 0.2) is 11.3 Å². The molecule has 1 aromatic carbocycles. The number of para-hydroxylation sites is 1. The maximum Gasteiger partial charge on any atom is 0.329 e. The summed E-state index contributed by atoms with van der Waals surface area (Å²) in [5.41, 5.74) is 1.37. The molecule has 3 atom stereocenters. The number of rotatable bonds is 10. The van der Waals surface area contributed by atoms with Gasteiger partial charge in [0.1, 0.15) is 24.0 Å². The van der Waals surface area contributed by atoms with Gasteiger partial charge in [0.25, 0.3) is 12.3 Å². The number of amides is 3. The van der Waals surface area contributed by atoms with Crippen LogP contribution in [0.25, 0.3) is 16.7 Å². The van der Waals surface area contributed by atoms with E-state index >= 15 is 0 Å². The van der Waals surface area contributed by atoms with E-state index in [9.17, 15) is 28.0 Å². The van der Waals surface area contributed by atoms with Crippen LogP contribution in [0.3, 0.4) is 0 Å². The number of nitrogens with zero attached hydrogens (tertiary/aromatic N) is 9. The van der Waals surface area contributed by atoms with Crippen LogP contribution in [0, 0.1) is 17.8 Å². The molecule has 63 heavy (non-hydrogen) atoms. The van der Waals surface area contributed by atoms with Crippen LogP contribution in [-0.2, 0) is 26.1 Å². The zero-order valence-corrected chi connectivity index (χ0v) is 34.8. The Balaban J connectivity index is 0.711. The average molecular weight is 867 g/mol. The van der Waals surface area contributed by atoms with E-state index in [1.54, 1.807) is 36.1 Å². The summed E-state index contributed by atoms with van der Waals surface area (Å²) < 4.78 is 55.3. The van der Waals surface area contributed by atoms with Crippen molar-refractivity contribution < 1.29 is 34.0 Å². The van der Waals surface area contributed by atoms with Crippen molar-refractivity contribution in [2.24, 2.45) is 13.0 Å². The fourth-order valence-corrected chi connectivity index (χ4v) is 10.0. The first kappa shape index (κ1) is 39.8. The molecule has 3 amide bonds. The van der Waals surface area contributed by atoms with E-state index in [1.165, 1.54) is 26.0 Å². The van der Waals surface area contributed by atoms with Gasteiger partial charge in [-0.1, -0.05) is 17.9 Å². The number of carbonyl (C=O) groups is 3. The number of aromatic nitrogens is 7. The van der Waals surface area contributed by atoms with E-state index in [4.69, 9.17) is 15.8 Å². The predicted molar refractivity (Wildman–Crippen MR) is 226 cm³/mol. The Morgan fingerprint density at radius 1 is 1.10 bits per heavy atom. The Morgan fingerprint density at radius 3 is 2.67 bits per heavy atom. The molecule has 8 heterocycles. The lowest BCUT2D eigenvalue weighted by Gasteiger charge is -2.36. The maximum atomic E-state index is 14.3. The lowest BCUT2D eigenvalue weighted by atomic mass is 9.85. The minimum absolute atomic E-state index is 0.0296. The van der Waals surface area contributed by atoms with Gasteiger partial charge in [-0.3, -0.25) is 33.5 Å². The summed E-state index contributed by atoms with van der Waals surface area (Å²) in [4.78, 5) is 60.4. The van der Waals surface area contributed by atoms with Crippen molar-refractivity contribution in [3.05, 3.63) is 70.2 Å². The molecule has 17 nitrogen and oxygen atoms in total. The second-order valence-corrected chi connectivity index (χ2v) is 17.2. The third-order valence-electron chi connectivity index (χ3n) is 13.3. The minimum Gasteiger partial charge on any atom is -0.374 e. The van der Waals surface area contributed by atoms with E-state index in [-0.39, 0.29) is 60.5 Å². The Bertz CT molecular complexity index is 2760. The highest BCUT2D eigenvalue weighted by molar-refractivity contribution is 6.08.